The first kappa shape index (κ1) is 13.9. The number of carbonyl (C=O) groups excluding carboxylic acids is 1. The minimum atomic E-state index is 0.0468. The molecule has 1 saturated heterocycles. The van der Waals surface area contributed by atoms with E-state index >= 15 is 0 Å². The van der Waals surface area contributed by atoms with Gasteiger partial charge >= 0.3 is 0 Å². The van der Waals surface area contributed by atoms with Crippen molar-refractivity contribution < 1.29 is 4.79 Å². The Morgan fingerprint density at radius 3 is 2.56 bits per heavy atom. The molecule has 3 nitrogen and oxygen atoms in total. The molecule has 2 aliphatic rings. The molecule has 4 unspecified atom stereocenters. The molecule has 1 aliphatic carbocycles. The minimum absolute atomic E-state index is 0.0468. The van der Waals surface area contributed by atoms with Crippen molar-refractivity contribution in [2.24, 2.45) is 11.8 Å². The maximum Gasteiger partial charge on any atom is 0.237 e. The van der Waals surface area contributed by atoms with Crippen molar-refractivity contribution in [3.05, 3.63) is 0 Å². The molecule has 2 fully saturated rings. The van der Waals surface area contributed by atoms with E-state index in [0.717, 1.165) is 12.3 Å². The molecule has 0 aromatic carbocycles. The van der Waals surface area contributed by atoms with Gasteiger partial charge in [-0.25, -0.2) is 0 Å². The number of rotatable bonds is 3. The van der Waals surface area contributed by atoms with Gasteiger partial charge < -0.3 is 10.6 Å². The average molecular weight is 252 g/mol. The molecule has 0 bridgehead atoms. The molecule has 104 valence electrons. The molecule has 2 N–H and O–H groups in total. The highest BCUT2D eigenvalue weighted by atomic mass is 16.2. The zero-order valence-corrected chi connectivity index (χ0v) is 12.0. The molecule has 1 aliphatic heterocycles. The molecule has 2 rings (SSSR count). The second-order valence-electron chi connectivity index (χ2n) is 6.49. The maximum absolute atomic E-state index is 12.2. The van der Waals surface area contributed by atoms with Crippen LogP contribution < -0.4 is 10.6 Å². The van der Waals surface area contributed by atoms with Gasteiger partial charge in [0.1, 0.15) is 0 Å². The fraction of sp³-hybridized carbons (Fsp3) is 0.933. The lowest BCUT2D eigenvalue weighted by atomic mass is 9.77. The van der Waals surface area contributed by atoms with Gasteiger partial charge in [0.05, 0.1) is 6.04 Å². The van der Waals surface area contributed by atoms with Crippen molar-refractivity contribution in [3.8, 4) is 0 Å². The highest BCUT2D eigenvalue weighted by Gasteiger charge is 2.34. The number of hydrogen-bond donors (Lipinski definition) is 2. The zero-order chi connectivity index (χ0) is 13.1. The Labute approximate surface area is 111 Å². The summed E-state index contributed by atoms with van der Waals surface area (Å²) in [6, 6.07) is 0.909. The summed E-state index contributed by atoms with van der Waals surface area (Å²) in [7, 11) is 0. The van der Waals surface area contributed by atoms with E-state index in [4.69, 9.17) is 0 Å². The Morgan fingerprint density at radius 2 is 1.83 bits per heavy atom. The molecular weight excluding hydrogens is 224 g/mol. The monoisotopic (exact) mass is 252 g/mol. The Bertz CT molecular complexity index is 290. The van der Waals surface area contributed by atoms with Crippen LogP contribution >= 0.6 is 0 Å². The maximum atomic E-state index is 12.2. The summed E-state index contributed by atoms with van der Waals surface area (Å²) < 4.78 is 0. The highest BCUT2D eigenvalue weighted by molar-refractivity contribution is 5.82. The Morgan fingerprint density at radius 1 is 1.11 bits per heavy atom. The van der Waals surface area contributed by atoms with Gasteiger partial charge in [0.25, 0.3) is 0 Å². The second kappa shape index (κ2) is 6.05. The van der Waals surface area contributed by atoms with Crippen LogP contribution in [0.4, 0.5) is 0 Å². The molecule has 0 aromatic rings. The first-order valence-corrected chi connectivity index (χ1v) is 7.64. The van der Waals surface area contributed by atoms with Gasteiger partial charge in [-0.05, 0) is 44.4 Å². The predicted octanol–water partition coefficient (Wildman–Crippen LogP) is 2.46. The van der Waals surface area contributed by atoms with E-state index in [1.54, 1.807) is 0 Å². The van der Waals surface area contributed by atoms with E-state index in [-0.39, 0.29) is 18.0 Å². The predicted molar refractivity (Wildman–Crippen MR) is 74.3 cm³/mol. The van der Waals surface area contributed by atoms with E-state index < -0.39 is 0 Å². The van der Waals surface area contributed by atoms with Crippen molar-refractivity contribution in [2.75, 3.05) is 0 Å². The fourth-order valence-electron chi connectivity index (χ4n) is 3.19. The summed E-state index contributed by atoms with van der Waals surface area (Å²) in [4.78, 5) is 12.2. The molecule has 0 spiro atoms. The molecule has 18 heavy (non-hydrogen) atoms. The van der Waals surface area contributed by atoms with Crippen LogP contribution in [0.1, 0.15) is 59.3 Å². The quantitative estimate of drug-likeness (QED) is 0.810. The summed E-state index contributed by atoms with van der Waals surface area (Å²) in [6.45, 7) is 6.39. The number of fused-ring (bicyclic) bond motifs is 1. The van der Waals surface area contributed by atoms with E-state index in [2.05, 4.69) is 31.4 Å². The van der Waals surface area contributed by atoms with Crippen LogP contribution in [-0.2, 0) is 4.79 Å². The lowest BCUT2D eigenvalue weighted by Crippen LogP contribution is -2.56. The molecular formula is C15H28N2O. The topological polar surface area (TPSA) is 41.1 Å². The largest absolute Gasteiger partial charge is 0.352 e. The van der Waals surface area contributed by atoms with Gasteiger partial charge in [-0.3, -0.25) is 4.79 Å². The molecule has 4 atom stereocenters. The summed E-state index contributed by atoms with van der Waals surface area (Å²) in [6.07, 6.45) is 7.56. The van der Waals surface area contributed by atoms with Crippen LogP contribution in [0, 0.1) is 11.8 Å². The normalized spacial score (nSPS) is 33.9. The zero-order valence-electron chi connectivity index (χ0n) is 12.0. The Balaban J connectivity index is 1.84. The summed E-state index contributed by atoms with van der Waals surface area (Å²) >= 11 is 0. The molecule has 3 heteroatoms. The Kier molecular flexibility index (Phi) is 4.66. The molecule has 1 amide bonds. The van der Waals surface area contributed by atoms with Crippen LogP contribution in [-0.4, -0.2) is 24.0 Å². The Hall–Kier alpha value is -0.570. The van der Waals surface area contributed by atoms with Gasteiger partial charge in [-0.15, -0.1) is 0 Å². The molecule has 1 saturated carbocycles. The summed E-state index contributed by atoms with van der Waals surface area (Å²) in [5.41, 5.74) is 0. The SMILES string of the molecule is CC(C)C(C)NC(=O)C1CCC2CCCCC2N1. The number of piperidine rings is 1. The third-order valence-electron chi connectivity index (χ3n) is 4.84. The van der Waals surface area contributed by atoms with Gasteiger partial charge in [0, 0.05) is 12.1 Å². The number of nitrogens with one attached hydrogen (secondary N) is 2. The minimum Gasteiger partial charge on any atom is -0.352 e. The van der Waals surface area contributed by atoms with Crippen LogP contribution in [0.15, 0.2) is 0 Å². The van der Waals surface area contributed by atoms with Crippen molar-refractivity contribution in [2.45, 2.75) is 77.4 Å². The third kappa shape index (κ3) is 3.25. The van der Waals surface area contributed by atoms with Gasteiger partial charge in [0.15, 0.2) is 0 Å². The standard InChI is InChI=1S/C15H28N2O/c1-10(2)11(3)16-15(18)14-9-8-12-6-4-5-7-13(12)17-14/h10-14,17H,4-9H2,1-3H3,(H,16,18). The van der Waals surface area contributed by atoms with E-state index in [1.807, 2.05) is 0 Å². The number of carbonyl (C=O) groups is 1. The smallest absolute Gasteiger partial charge is 0.237 e. The fourth-order valence-corrected chi connectivity index (χ4v) is 3.19. The second-order valence-corrected chi connectivity index (χ2v) is 6.49. The van der Waals surface area contributed by atoms with Gasteiger partial charge in [-0.2, -0.15) is 0 Å². The molecule has 0 radical (unpaired) electrons. The van der Waals surface area contributed by atoms with Crippen LogP contribution in [0.25, 0.3) is 0 Å². The first-order chi connectivity index (χ1) is 8.58. The van der Waals surface area contributed by atoms with Crippen LogP contribution in [0.3, 0.4) is 0 Å². The van der Waals surface area contributed by atoms with E-state index in [1.165, 1.54) is 32.1 Å². The lowest BCUT2D eigenvalue weighted by molar-refractivity contribution is -0.125. The van der Waals surface area contributed by atoms with Gasteiger partial charge in [0.2, 0.25) is 5.91 Å². The van der Waals surface area contributed by atoms with Crippen LogP contribution in [0.2, 0.25) is 0 Å². The number of amides is 1. The van der Waals surface area contributed by atoms with Crippen molar-refractivity contribution in [3.63, 3.8) is 0 Å². The first-order valence-electron chi connectivity index (χ1n) is 7.64. The molecule has 0 aromatic heterocycles. The van der Waals surface area contributed by atoms with Crippen molar-refractivity contribution in [1.29, 1.82) is 0 Å². The summed E-state index contributed by atoms with van der Waals surface area (Å²) in [5, 5.41) is 6.73. The van der Waals surface area contributed by atoms with Gasteiger partial charge in [-0.1, -0.05) is 26.7 Å². The highest BCUT2D eigenvalue weighted by Crippen LogP contribution is 2.32. The van der Waals surface area contributed by atoms with E-state index in [0.29, 0.717) is 12.0 Å². The third-order valence-corrected chi connectivity index (χ3v) is 4.84. The van der Waals surface area contributed by atoms with E-state index in [9.17, 15) is 4.79 Å². The van der Waals surface area contributed by atoms with Crippen LogP contribution in [0.5, 0.6) is 0 Å². The number of hydrogen-bond acceptors (Lipinski definition) is 2. The average Bonchev–Trinajstić information content (AvgIpc) is 2.37. The van der Waals surface area contributed by atoms with Crippen molar-refractivity contribution in [1.82, 2.24) is 10.6 Å². The van der Waals surface area contributed by atoms with Crippen molar-refractivity contribution >= 4 is 5.91 Å². The summed E-state index contributed by atoms with van der Waals surface area (Å²) in [5.74, 6) is 1.53. The molecule has 1 heterocycles. The lowest BCUT2D eigenvalue weighted by Gasteiger charge is -2.40.